The van der Waals surface area contributed by atoms with Crippen LogP contribution in [0.1, 0.15) is 215 Å². The lowest BCUT2D eigenvalue weighted by Crippen LogP contribution is -2.61. The van der Waals surface area contributed by atoms with Crippen molar-refractivity contribution in [2.24, 2.45) is 35.5 Å². The van der Waals surface area contributed by atoms with Crippen LogP contribution >= 0.6 is 0 Å². The molecule has 21 atom stereocenters. The molecule has 1 saturated carbocycles. The number of hydrogen-bond acceptors (Lipinski definition) is 28. The van der Waals surface area contributed by atoms with Crippen molar-refractivity contribution in [1.29, 1.82) is 0 Å². The van der Waals surface area contributed by atoms with Gasteiger partial charge in [-0.15, -0.1) is 0 Å². The zero-order chi connectivity index (χ0) is 99.0. The maximum absolute atomic E-state index is 14.8. The predicted molar refractivity (Wildman–Crippen MR) is 460 cm³/mol. The topological polar surface area (TPSA) is 678 Å². The van der Waals surface area contributed by atoms with Gasteiger partial charge in [-0.2, -0.15) is 0 Å². The first-order chi connectivity index (χ1) is 62.1. The van der Waals surface area contributed by atoms with E-state index < -0.39 is 330 Å². The first-order valence-electron chi connectivity index (χ1n) is 44.1. The summed E-state index contributed by atoms with van der Waals surface area (Å²) in [6.07, 6.45) is -3.47. The molecule has 0 aromatic heterocycles. The summed E-state index contributed by atoms with van der Waals surface area (Å²) in [7, 11) is 4.26. The summed E-state index contributed by atoms with van der Waals surface area (Å²) < 4.78 is 36.0. The number of Topliss-reactive ketones (excluding diaryl/α,β-unsaturated/α-hetero) is 3. The van der Waals surface area contributed by atoms with Crippen LogP contribution in [0.15, 0.2) is 47.6 Å². The Kier molecular flexibility index (Phi) is 48.4. The van der Waals surface area contributed by atoms with Crippen molar-refractivity contribution in [3.05, 3.63) is 47.6 Å². The number of allylic oxidation sites excluding steroid dienone is 6. The van der Waals surface area contributed by atoms with Gasteiger partial charge in [-0.1, -0.05) is 71.1 Å². The number of hydrogen-bond donors (Lipinski definition) is 17. The molecule has 44 nitrogen and oxygen atoms in total. The molecule has 17 N–H and O–H groups in total. The number of amides is 9. The third kappa shape index (κ3) is 38.5. The van der Waals surface area contributed by atoms with Crippen molar-refractivity contribution >= 4 is 118 Å². The minimum Gasteiger partial charge on any atom is -0.481 e. The number of nitrogens with one attached hydrogen (secondary N) is 8. The van der Waals surface area contributed by atoms with E-state index in [-0.39, 0.29) is 49.0 Å². The van der Waals surface area contributed by atoms with Gasteiger partial charge in [0.1, 0.15) is 79.7 Å². The summed E-state index contributed by atoms with van der Waals surface area (Å²) in [6.45, 7) is 10.6. The molecule has 0 aromatic carbocycles. The molecular formula is C88H131N9O35. The molecule has 9 amide bonds. The quantitative estimate of drug-likeness (QED) is 0.0177. The number of carbonyl (C=O) groups excluding carboxylic acids is 13. The predicted octanol–water partition coefficient (Wildman–Crippen LogP) is 1.36. The molecule has 4 aliphatic rings. The second kappa shape index (κ2) is 56.5. The molecule has 6 unspecified atom stereocenters. The fourth-order valence-corrected chi connectivity index (χ4v) is 16.0. The van der Waals surface area contributed by atoms with Crippen molar-refractivity contribution in [3.8, 4) is 0 Å². The van der Waals surface area contributed by atoms with Gasteiger partial charge in [0, 0.05) is 110 Å². The van der Waals surface area contributed by atoms with Crippen LogP contribution in [-0.4, -0.2) is 301 Å². The van der Waals surface area contributed by atoms with Crippen molar-refractivity contribution in [2.75, 3.05) is 41.1 Å². The summed E-state index contributed by atoms with van der Waals surface area (Å²) in [5.74, 6) is -30.7. The van der Waals surface area contributed by atoms with Crippen LogP contribution in [0.25, 0.3) is 0 Å². The molecular weight excluding hydrogens is 1740 g/mol. The number of esters is 1. The molecule has 3 fully saturated rings. The lowest BCUT2D eigenvalue weighted by Gasteiger charge is -2.42. The molecule has 3 heterocycles. The van der Waals surface area contributed by atoms with E-state index in [1.807, 2.05) is 49.5 Å². The Bertz CT molecular complexity index is 4190. The van der Waals surface area contributed by atoms with Gasteiger partial charge in [-0.25, -0.2) is 4.79 Å². The minimum atomic E-state index is -2.57. The fourth-order valence-electron chi connectivity index (χ4n) is 16.0. The number of fused-ring (bicyclic) bond motifs is 3. The van der Waals surface area contributed by atoms with Gasteiger partial charge in [0.15, 0.2) is 5.78 Å². The molecule has 44 heteroatoms. The average Bonchev–Trinajstić information content (AvgIpc) is 0.774. The van der Waals surface area contributed by atoms with Crippen LogP contribution in [0.3, 0.4) is 0 Å². The van der Waals surface area contributed by atoms with Gasteiger partial charge in [-0.05, 0) is 145 Å². The minimum absolute atomic E-state index is 0.0522. The Morgan fingerprint density at radius 3 is 1.48 bits per heavy atom. The van der Waals surface area contributed by atoms with E-state index in [0.717, 1.165) is 10.5 Å². The maximum atomic E-state index is 14.8. The number of carboxylic acids is 7. The van der Waals surface area contributed by atoms with E-state index in [4.69, 9.17) is 33.5 Å². The standard InChI is InChI=1S/C88H131N9O35/c1-46-16-12-11-13-17-47(2)64(127-8)42-54-21-19-52(7)88(126,132-54)79(117)86(124)97-37-15-14-18-61(97)87(125)131-65(43-62(98)48(3)39-51(6)77(116)78(129-10)76(115)50(5)38-46)49(4)40-53-20-28-63(66(41-53)128-9)130-45-90-67(99)29-30-68(100)91-56(23-32-70(103)104)81(119)93-58(25-34-72(107)108)83(121)95-60(27-36-74(111)112)85(123)96-59(26-35-73(109)110)84(122)94-57(24-33-71(105)106)82(120)92-55(22-31-69(101)102)80(118)89-44-75(113)114/h11-13,16-17,39,46,48-50,52-61,63-66,77-78,116,126H,14-15,18-38,40-45H2,1-10H3,(H,89,118)(H,90,99)(H,91,100)(H,92,120)(H,93,119)(H,94,122)(H,95,121)(H,96,123)(H,101,102)(H,103,104)(H,105,106)(H,107,108)(H,109,110)(H,111,112)(H,113,114)/b13-11?,16-12+,47-17?,51-39+/t46-,48-,49-,50-,52-,53+,54+,55?,56?,57?,58?,59?,60?,61+,63-,64+,65+,66-,77-,78+,88-/m1/s1. The number of rotatable bonds is 44. The SMILES string of the molecule is CO[C@H]1C[C@@H]2CC[C@@H](C)[C@@](O)(O2)C(=O)C(=O)N2CCCC[C@H]2C(=O)O[C@H]([C@H](C)C[C@@H]2CC[C@@H](OCNC(=O)CCC(=O)NC(CCC(=O)O)C(=O)NC(CCC(=O)O)C(=O)NC(CCC(=O)O)C(=O)NC(CCC(=O)O)C(=O)NC(CCC(=O)O)C(=O)NC(CCC(=O)O)C(=O)NCC(=O)O)[C@H](OC)C2)CC(=O)[C@H](C)/C=C(\C)[C@@H](O)[C@@H](OC)C(=O)[C@H](C)C[C@H](C)/C=C/C=CC=C1C. The van der Waals surface area contributed by atoms with Gasteiger partial charge >= 0.3 is 47.8 Å². The van der Waals surface area contributed by atoms with Gasteiger partial charge in [0.25, 0.3) is 11.7 Å². The summed E-state index contributed by atoms with van der Waals surface area (Å²) in [6, 6.07) is -13.1. The molecule has 3 aliphatic heterocycles. The monoisotopic (exact) mass is 1870 g/mol. The van der Waals surface area contributed by atoms with E-state index in [1.165, 1.54) is 27.4 Å². The first-order valence-corrected chi connectivity index (χ1v) is 44.1. The summed E-state index contributed by atoms with van der Waals surface area (Å²) in [5.41, 5.74) is 1.06. The number of cyclic esters (lactones) is 1. The Hall–Kier alpha value is -11.3. The number of ketones is 3. The molecule has 132 heavy (non-hydrogen) atoms. The number of carboxylic acid groups (broad SMARTS) is 7. The molecule has 1 aliphatic carbocycles. The zero-order valence-electron chi connectivity index (χ0n) is 76.1. The van der Waals surface area contributed by atoms with Gasteiger partial charge in [0.05, 0.1) is 24.4 Å². The highest BCUT2D eigenvalue weighted by Crippen LogP contribution is 2.39. The summed E-state index contributed by atoms with van der Waals surface area (Å²) in [4.78, 5) is 265. The molecule has 2 saturated heterocycles. The van der Waals surface area contributed by atoms with Crippen LogP contribution in [0.2, 0.25) is 0 Å². The first kappa shape index (κ1) is 113. The number of aliphatic hydroxyl groups is 2. The molecule has 0 spiro atoms. The van der Waals surface area contributed by atoms with E-state index in [2.05, 4.69) is 37.2 Å². The zero-order valence-corrected chi connectivity index (χ0v) is 76.1. The number of ether oxygens (including phenoxy) is 6. The van der Waals surface area contributed by atoms with Crippen molar-refractivity contribution in [3.63, 3.8) is 0 Å². The smallest absolute Gasteiger partial charge is 0.329 e. The molecule has 2 bridgehead atoms. The number of piperidine rings is 1. The Balaban J connectivity index is 1.51. The maximum Gasteiger partial charge on any atom is 0.329 e. The molecule has 738 valence electrons. The number of carbonyl (C=O) groups is 20. The van der Waals surface area contributed by atoms with Gasteiger partial charge in [0.2, 0.25) is 53.0 Å². The highest BCUT2D eigenvalue weighted by molar-refractivity contribution is 6.39. The third-order valence-corrected chi connectivity index (χ3v) is 23.7. The van der Waals surface area contributed by atoms with Crippen molar-refractivity contribution < 1.29 is 170 Å². The van der Waals surface area contributed by atoms with Crippen LogP contribution in [-0.2, 0) is 124 Å². The third-order valence-electron chi connectivity index (χ3n) is 23.7. The van der Waals surface area contributed by atoms with Gasteiger partial charge < -0.3 is 122 Å². The van der Waals surface area contributed by atoms with E-state index >= 15 is 0 Å². The highest BCUT2D eigenvalue weighted by Gasteiger charge is 2.54. The molecule has 0 radical (unpaired) electrons. The lowest BCUT2D eigenvalue weighted by atomic mass is 9.78. The summed E-state index contributed by atoms with van der Waals surface area (Å²) >= 11 is 0. The Labute approximate surface area is 763 Å². The number of methoxy groups -OCH3 is 3. The highest BCUT2D eigenvalue weighted by atomic mass is 16.6. The molecule has 4 rings (SSSR count). The van der Waals surface area contributed by atoms with Crippen LogP contribution in [0.5, 0.6) is 0 Å². The second-order valence-electron chi connectivity index (χ2n) is 34.1. The largest absolute Gasteiger partial charge is 0.481 e. The number of aliphatic carboxylic acids is 7. The average molecular weight is 1880 g/mol. The van der Waals surface area contributed by atoms with Crippen molar-refractivity contribution in [1.82, 2.24) is 47.4 Å². The second-order valence-corrected chi connectivity index (χ2v) is 34.1. The summed E-state index contributed by atoms with van der Waals surface area (Å²) in [5, 5.41) is 107. The number of aliphatic hydroxyl groups excluding tert-OH is 1. The van der Waals surface area contributed by atoms with Crippen molar-refractivity contribution in [2.45, 2.75) is 306 Å². The molecule has 0 aromatic rings. The van der Waals surface area contributed by atoms with Crippen LogP contribution in [0, 0.1) is 35.5 Å². The normalized spacial score (nSPS) is 26.1. The van der Waals surface area contributed by atoms with Crippen LogP contribution < -0.4 is 42.5 Å². The van der Waals surface area contributed by atoms with E-state index in [0.29, 0.717) is 57.8 Å². The Morgan fingerprint density at radius 1 is 0.523 bits per heavy atom. The lowest BCUT2D eigenvalue weighted by molar-refractivity contribution is -0.265. The Morgan fingerprint density at radius 2 is 1.01 bits per heavy atom. The van der Waals surface area contributed by atoms with Gasteiger partial charge in [-0.3, -0.25) is 91.1 Å². The van der Waals surface area contributed by atoms with E-state index in [9.17, 15) is 137 Å². The van der Waals surface area contributed by atoms with E-state index in [1.54, 1.807) is 34.6 Å². The fraction of sp³-hybridized carbons (Fsp3) is 0.682. The number of nitrogens with zero attached hydrogens (tertiary/aromatic N) is 1. The van der Waals surface area contributed by atoms with Crippen LogP contribution in [0.4, 0.5) is 0 Å².